The molecule has 0 aliphatic heterocycles. The molecular weight excluding hydrogens is 270 g/mol. The SMILES string of the molecule is COc1ccc2ccccc2c1CNC(C)CS(C)=O. The second-order valence-electron chi connectivity index (χ2n) is 4.99. The topological polar surface area (TPSA) is 38.3 Å². The minimum absolute atomic E-state index is 0.213. The van der Waals surface area contributed by atoms with Crippen molar-refractivity contribution < 1.29 is 8.95 Å². The zero-order valence-electron chi connectivity index (χ0n) is 12.2. The highest BCUT2D eigenvalue weighted by atomic mass is 32.2. The Kier molecular flexibility index (Phi) is 5.15. The second-order valence-corrected chi connectivity index (χ2v) is 6.47. The van der Waals surface area contributed by atoms with Gasteiger partial charge in [0.15, 0.2) is 0 Å². The molecule has 4 heteroatoms. The molecule has 0 aliphatic carbocycles. The molecule has 2 atom stereocenters. The summed E-state index contributed by atoms with van der Waals surface area (Å²) < 4.78 is 16.7. The fraction of sp³-hybridized carbons (Fsp3) is 0.375. The fourth-order valence-corrected chi connectivity index (χ4v) is 3.20. The Morgan fingerprint density at radius 3 is 2.70 bits per heavy atom. The first-order valence-corrected chi connectivity index (χ1v) is 8.42. The van der Waals surface area contributed by atoms with E-state index in [2.05, 4.69) is 30.4 Å². The summed E-state index contributed by atoms with van der Waals surface area (Å²) in [7, 11) is 0.911. The lowest BCUT2D eigenvalue weighted by Crippen LogP contribution is -2.30. The summed E-state index contributed by atoms with van der Waals surface area (Å²) >= 11 is 0. The summed E-state index contributed by atoms with van der Waals surface area (Å²) in [5.74, 6) is 1.55. The Morgan fingerprint density at radius 1 is 1.25 bits per heavy atom. The summed E-state index contributed by atoms with van der Waals surface area (Å²) in [5, 5.41) is 5.83. The van der Waals surface area contributed by atoms with Gasteiger partial charge >= 0.3 is 0 Å². The van der Waals surface area contributed by atoms with Crippen LogP contribution in [0, 0.1) is 0 Å². The van der Waals surface area contributed by atoms with Crippen molar-refractivity contribution in [1.82, 2.24) is 5.32 Å². The minimum atomic E-state index is -0.782. The number of benzene rings is 2. The maximum atomic E-state index is 11.2. The average molecular weight is 291 g/mol. The van der Waals surface area contributed by atoms with Gasteiger partial charge in [0, 0.05) is 41.0 Å². The van der Waals surface area contributed by atoms with Crippen LogP contribution in [0.2, 0.25) is 0 Å². The molecule has 20 heavy (non-hydrogen) atoms. The van der Waals surface area contributed by atoms with E-state index in [0.29, 0.717) is 12.3 Å². The van der Waals surface area contributed by atoms with Crippen molar-refractivity contribution in [1.29, 1.82) is 0 Å². The molecule has 0 saturated carbocycles. The van der Waals surface area contributed by atoms with Gasteiger partial charge in [0.1, 0.15) is 5.75 Å². The molecule has 2 aromatic rings. The van der Waals surface area contributed by atoms with Crippen molar-refractivity contribution in [2.45, 2.75) is 19.5 Å². The van der Waals surface area contributed by atoms with Gasteiger partial charge in [0.25, 0.3) is 0 Å². The van der Waals surface area contributed by atoms with Gasteiger partial charge in [-0.15, -0.1) is 0 Å². The summed E-state index contributed by atoms with van der Waals surface area (Å²) in [5.41, 5.74) is 1.15. The molecule has 108 valence electrons. The quantitative estimate of drug-likeness (QED) is 0.889. The highest BCUT2D eigenvalue weighted by Gasteiger charge is 2.10. The third-order valence-electron chi connectivity index (χ3n) is 3.33. The lowest BCUT2D eigenvalue weighted by atomic mass is 10.0. The second kappa shape index (κ2) is 6.86. The number of hydrogen-bond donors (Lipinski definition) is 1. The van der Waals surface area contributed by atoms with Crippen molar-refractivity contribution >= 4 is 21.6 Å². The molecule has 0 aromatic heterocycles. The van der Waals surface area contributed by atoms with Crippen LogP contribution in [0.25, 0.3) is 10.8 Å². The normalized spacial score (nSPS) is 14.2. The van der Waals surface area contributed by atoms with E-state index in [1.807, 2.05) is 18.2 Å². The summed E-state index contributed by atoms with van der Waals surface area (Å²) in [6.07, 6.45) is 1.73. The number of hydrogen-bond acceptors (Lipinski definition) is 3. The van der Waals surface area contributed by atoms with E-state index in [0.717, 1.165) is 11.3 Å². The summed E-state index contributed by atoms with van der Waals surface area (Å²) in [4.78, 5) is 0. The van der Waals surface area contributed by atoms with E-state index in [-0.39, 0.29) is 6.04 Å². The third kappa shape index (κ3) is 3.58. The van der Waals surface area contributed by atoms with Crippen molar-refractivity contribution in [3.8, 4) is 5.75 Å². The van der Waals surface area contributed by atoms with Crippen LogP contribution in [0.15, 0.2) is 36.4 Å². The van der Waals surface area contributed by atoms with Crippen molar-refractivity contribution in [3.05, 3.63) is 42.0 Å². The van der Waals surface area contributed by atoms with Crippen LogP contribution in [0.5, 0.6) is 5.75 Å². The zero-order chi connectivity index (χ0) is 14.5. The molecule has 0 heterocycles. The van der Waals surface area contributed by atoms with Gasteiger partial charge in [-0.1, -0.05) is 30.3 Å². The molecule has 2 aromatic carbocycles. The molecule has 3 nitrogen and oxygen atoms in total. The number of rotatable bonds is 6. The highest BCUT2D eigenvalue weighted by molar-refractivity contribution is 7.84. The lowest BCUT2D eigenvalue weighted by molar-refractivity contribution is 0.407. The smallest absolute Gasteiger partial charge is 0.123 e. The van der Waals surface area contributed by atoms with Gasteiger partial charge in [-0.05, 0) is 23.8 Å². The first kappa shape index (κ1) is 15.0. The van der Waals surface area contributed by atoms with E-state index in [1.165, 1.54) is 10.8 Å². The number of fused-ring (bicyclic) bond motifs is 1. The Morgan fingerprint density at radius 2 is 2.00 bits per heavy atom. The number of ether oxygens (including phenoxy) is 1. The first-order valence-electron chi connectivity index (χ1n) is 6.70. The molecule has 0 aliphatic rings. The average Bonchev–Trinajstić information content (AvgIpc) is 2.43. The number of methoxy groups -OCH3 is 1. The van der Waals surface area contributed by atoms with Crippen LogP contribution >= 0.6 is 0 Å². The molecule has 0 fully saturated rings. The van der Waals surface area contributed by atoms with E-state index >= 15 is 0 Å². The van der Waals surface area contributed by atoms with Crippen molar-refractivity contribution in [2.24, 2.45) is 0 Å². The van der Waals surface area contributed by atoms with Gasteiger partial charge in [0.05, 0.1) is 7.11 Å². The Hall–Kier alpha value is -1.39. The molecule has 0 bridgehead atoms. The Labute approximate surface area is 122 Å². The molecule has 1 N–H and O–H groups in total. The largest absolute Gasteiger partial charge is 0.496 e. The predicted molar refractivity (Wildman–Crippen MR) is 85.7 cm³/mol. The summed E-state index contributed by atoms with van der Waals surface area (Å²) in [6, 6.07) is 12.6. The lowest BCUT2D eigenvalue weighted by Gasteiger charge is -2.16. The van der Waals surface area contributed by atoms with Gasteiger partial charge < -0.3 is 10.1 Å². The zero-order valence-corrected chi connectivity index (χ0v) is 13.0. The van der Waals surface area contributed by atoms with E-state index in [9.17, 15) is 4.21 Å². The monoisotopic (exact) mass is 291 g/mol. The maximum absolute atomic E-state index is 11.2. The van der Waals surface area contributed by atoms with Crippen LogP contribution in [-0.4, -0.2) is 29.4 Å². The van der Waals surface area contributed by atoms with Gasteiger partial charge in [-0.3, -0.25) is 4.21 Å². The Bertz CT molecular complexity index is 612. The molecule has 0 amide bonds. The Balaban J connectivity index is 2.25. The first-order chi connectivity index (χ1) is 9.61. The van der Waals surface area contributed by atoms with Crippen LogP contribution in [-0.2, 0) is 17.3 Å². The highest BCUT2D eigenvalue weighted by Crippen LogP contribution is 2.27. The fourth-order valence-electron chi connectivity index (χ4n) is 2.38. The number of nitrogens with one attached hydrogen (secondary N) is 1. The molecule has 2 rings (SSSR count). The van der Waals surface area contributed by atoms with Crippen LogP contribution in [0.3, 0.4) is 0 Å². The standard InChI is InChI=1S/C16H21NO2S/c1-12(11-20(3)18)17-10-15-14-7-5-4-6-13(14)8-9-16(15)19-2/h4-9,12,17H,10-11H2,1-3H3. The van der Waals surface area contributed by atoms with Gasteiger partial charge in [-0.2, -0.15) is 0 Å². The van der Waals surface area contributed by atoms with Crippen LogP contribution in [0.4, 0.5) is 0 Å². The maximum Gasteiger partial charge on any atom is 0.123 e. The minimum Gasteiger partial charge on any atom is -0.496 e. The molecule has 0 spiro atoms. The van der Waals surface area contributed by atoms with E-state index in [1.54, 1.807) is 13.4 Å². The predicted octanol–water partition coefficient (Wildman–Crippen LogP) is 2.71. The summed E-state index contributed by atoms with van der Waals surface area (Å²) in [6.45, 7) is 2.77. The van der Waals surface area contributed by atoms with Crippen molar-refractivity contribution in [3.63, 3.8) is 0 Å². The molecule has 2 unspecified atom stereocenters. The van der Waals surface area contributed by atoms with Gasteiger partial charge in [0.2, 0.25) is 0 Å². The molecular formula is C16H21NO2S. The van der Waals surface area contributed by atoms with E-state index in [4.69, 9.17) is 4.74 Å². The van der Waals surface area contributed by atoms with Crippen LogP contribution in [0.1, 0.15) is 12.5 Å². The van der Waals surface area contributed by atoms with Crippen molar-refractivity contribution in [2.75, 3.05) is 19.1 Å². The van der Waals surface area contributed by atoms with E-state index < -0.39 is 10.8 Å². The molecule has 0 radical (unpaired) electrons. The van der Waals surface area contributed by atoms with Gasteiger partial charge in [-0.25, -0.2) is 0 Å². The molecule has 0 saturated heterocycles. The van der Waals surface area contributed by atoms with Crippen LogP contribution < -0.4 is 10.1 Å². The third-order valence-corrected chi connectivity index (χ3v) is 4.30.